The number of methoxy groups -OCH3 is 2. The summed E-state index contributed by atoms with van der Waals surface area (Å²) in [6, 6.07) is 4.68. The van der Waals surface area contributed by atoms with Crippen LogP contribution in [0.5, 0.6) is 11.5 Å². The highest BCUT2D eigenvalue weighted by molar-refractivity contribution is 6.34. The van der Waals surface area contributed by atoms with Crippen LogP contribution < -0.4 is 20.5 Å². The third kappa shape index (κ3) is 3.17. The number of nitrogens with one attached hydrogen (secondary N) is 1. The lowest BCUT2D eigenvalue weighted by molar-refractivity contribution is 0.102. The maximum absolute atomic E-state index is 12.2. The van der Waals surface area contributed by atoms with Crippen molar-refractivity contribution in [1.29, 1.82) is 0 Å². The predicted molar refractivity (Wildman–Crippen MR) is 81.2 cm³/mol. The Hall–Kier alpha value is -2.47. The van der Waals surface area contributed by atoms with E-state index in [1.807, 2.05) is 0 Å². The Bertz CT molecular complexity index is 677. The number of carbonyl (C=O) groups is 1. The zero-order valence-corrected chi connectivity index (χ0v) is 12.3. The predicted octanol–water partition coefficient (Wildman–Crippen LogP) is 2.59. The van der Waals surface area contributed by atoms with Gasteiger partial charge < -0.3 is 20.5 Å². The zero-order valence-electron chi connectivity index (χ0n) is 11.5. The molecule has 0 atom stereocenters. The van der Waals surface area contributed by atoms with E-state index in [1.54, 1.807) is 12.1 Å². The lowest BCUT2D eigenvalue weighted by atomic mass is 10.2. The summed E-state index contributed by atoms with van der Waals surface area (Å²) in [6.45, 7) is 0. The molecule has 0 saturated heterocycles. The summed E-state index contributed by atoms with van der Waals surface area (Å²) in [7, 11) is 3.01. The molecule has 3 N–H and O–H groups in total. The SMILES string of the molecule is COc1cc(N)c(NC(=O)c2ccncc2Cl)cc1OC. The molecule has 1 aromatic carbocycles. The Kier molecular flexibility index (Phi) is 4.49. The number of aromatic nitrogens is 1. The third-order valence-electron chi connectivity index (χ3n) is 2.82. The van der Waals surface area contributed by atoms with Crippen molar-refractivity contribution in [2.45, 2.75) is 0 Å². The molecule has 1 heterocycles. The Morgan fingerprint density at radius 2 is 1.95 bits per heavy atom. The largest absolute Gasteiger partial charge is 0.493 e. The van der Waals surface area contributed by atoms with E-state index >= 15 is 0 Å². The summed E-state index contributed by atoms with van der Waals surface area (Å²) in [5, 5.41) is 2.94. The molecule has 0 bridgehead atoms. The molecule has 0 radical (unpaired) electrons. The molecular formula is C14H14ClN3O3. The molecule has 7 heteroatoms. The average molecular weight is 308 g/mol. The van der Waals surface area contributed by atoms with Crippen molar-refractivity contribution in [3.05, 3.63) is 41.2 Å². The highest BCUT2D eigenvalue weighted by Gasteiger charge is 2.14. The Labute approximate surface area is 126 Å². The minimum absolute atomic E-state index is 0.258. The summed E-state index contributed by atoms with van der Waals surface area (Å²) in [5.74, 6) is 0.555. The van der Waals surface area contributed by atoms with Gasteiger partial charge in [0.25, 0.3) is 5.91 Å². The topological polar surface area (TPSA) is 86.5 Å². The normalized spacial score (nSPS) is 10.0. The molecule has 2 rings (SSSR count). The van der Waals surface area contributed by atoms with Crippen molar-refractivity contribution in [2.24, 2.45) is 0 Å². The monoisotopic (exact) mass is 307 g/mol. The summed E-state index contributed by atoms with van der Waals surface area (Å²) in [4.78, 5) is 16.0. The van der Waals surface area contributed by atoms with Crippen LogP contribution in [0.1, 0.15) is 10.4 Å². The standard InChI is InChI=1S/C14H14ClN3O3/c1-20-12-5-10(16)11(6-13(12)21-2)18-14(19)8-3-4-17-7-9(8)15/h3-7H,16H2,1-2H3,(H,18,19). The average Bonchev–Trinajstić information content (AvgIpc) is 2.49. The van der Waals surface area contributed by atoms with E-state index in [-0.39, 0.29) is 10.9 Å². The van der Waals surface area contributed by atoms with Gasteiger partial charge in [-0.2, -0.15) is 0 Å². The van der Waals surface area contributed by atoms with E-state index < -0.39 is 0 Å². The van der Waals surface area contributed by atoms with Crippen LogP contribution in [0.4, 0.5) is 11.4 Å². The number of benzene rings is 1. The number of hydrogen-bond donors (Lipinski definition) is 2. The van der Waals surface area contributed by atoms with Crippen LogP contribution in [0, 0.1) is 0 Å². The molecule has 2 aromatic rings. The van der Waals surface area contributed by atoms with Gasteiger partial charge in [0.15, 0.2) is 11.5 Å². The number of nitrogen functional groups attached to an aromatic ring is 1. The van der Waals surface area contributed by atoms with Crippen LogP contribution in [0.25, 0.3) is 0 Å². The number of pyridine rings is 1. The number of rotatable bonds is 4. The number of nitrogens with zero attached hydrogens (tertiary/aromatic N) is 1. The molecule has 0 aliphatic rings. The van der Waals surface area contributed by atoms with Crippen LogP contribution in [0.2, 0.25) is 5.02 Å². The van der Waals surface area contributed by atoms with Gasteiger partial charge in [-0.3, -0.25) is 9.78 Å². The van der Waals surface area contributed by atoms with Crippen LogP contribution in [-0.2, 0) is 0 Å². The summed E-state index contributed by atoms with van der Waals surface area (Å²) < 4.78 is 10.3. The number of amides is 1. The molecule has 0 spiro atoms. The second kappa shape index (κ2) is 6.32. The van der Waals surface area contributed by atoms with Gasteiger partial charge in [0.05, 0.1) is 36.2 Å². The smallest absolute Gasteiger partial charge is 0.257 e. The van der Waals surface area contributed by atoms with Crippen molar-refractivity contribution >= 4 is 28.9 Å². The Balaban J connectivity index is 2.31. The van der Waals surface area contributed by atoms with E-state index in [2.05, 4.69) is 10.3 Å². The van der Waals surface area contributed by atoms with Gasteiger partial charge in [0.1, 0.15) is 0 Å². The van der Waals surface area contributed by atoms with Crippen molar-refractivity contribution in [1.82, 2.24) is 4.98 Å². The minimum Gasteiger partial charge on any atom is -0.493 e. The molecule has 0 unspecified atom stereocenters. The number of ether oxygens (including phenoxy) is 2. The fourth-order valence-electron chi connectivity index (χ4n) is 1.75. The molecule has 0 aliphatic carbocycles. The molecule has 0 saturated carbocycles. The molecule has 21 heavy (non-hydrogen) atoms. The van der Waals surface area contributed by atoms with Crippen molar-refractivity contribution in [2.75, 3.05) is 25.3 Å². The summed E-state index contributed by atoms with van der Waals surface area (Å²) >= 11 is 5.93. The highest BCUT2D eigenvalue weighted by atomic mass is 35.5. The van der Waals surface area contributed by atoms with Gasteiger partial charge in [-0.15, -0.1) is 0 Å². The number of anilines is 2. The second-order valence-electron chi connectivity index (χ2n) is 4.10. The molecule has 1 amide bonds. The van der Waals surface area contributed by atoms with Gasteiger partial charge in [-0.05, 0) is 6.07 Å². The van der Waals surface area contributed by atoms with E-state index in [4.69, 9.17) is 26.8 Å². The first-order valence-corrected chi connectivity index (χ1v) is 6.37. The number of hydrogen-bond acceptors (Lipinski definition) is 5. The molecule has 0 aliphatic heterocycles. The first-order valence-electron chi connectivity index (χ1n) is 5.99. The van der Waals surface area contributed by atoms with Crippen molar-refractivity contribution < 1.29 is 14.3 Å². The fraction of sp³-hybridized carbons (Fsp3) is 0.143. The van der Waals surface area contributed by atoms with Gasteiger partial charge in [-0.25, -0.2) is 0 Å². The number of nitrogens with two attached hydrogens (primary N) is 1. The maximum Gasteiger partial charge on any atom is 0.257 e. The molecule has 110 valence electrons. The molecule has 6 nitrogen and oxygen atoms in total. The lowest BCUT2D eigenvalue weighted by Crippen LogP contribution is -2.14. The van der Waals surface area contributed by atoms with Crippen molar-refractivity contribution in [3.8, 4) is 11.5 Å². The van der Waals surface area contributed by atoms with E-state index in [1.165, 1.54) is 32.7 Å². The molecule has 1 aromatic heterocycles. The Morgan fingerprint density at radius 1 is 1.29 bits per heavy atom. The van der Waals surface area contributed by atoms with E-state index in [9.17, 15) is 4.79 Å². The van der Waals surface area contributed by atoms with E-state index in [0.29, 0.717) is 28.4 Å². The lowest BCUT2D eigenvalue weighted by Gasteiger charge is -2.13. The maximum atomic E-state index is 12.2. The summed E-state index contributed by atoms with van der Waals surface area (Å²) in [6.07, 6.45) is 2.88. The number of carbonyl (C=O) groups excluding carboxylic acids is 1. The fourth-order valence-corrected chi connectivity index (χ4v) is 1.96. The van der Waals surface area contributed by atoms with Crippen LogP contribution >= 0.6 is 11.6 Å². The zero-order chi connectivity index (χ0) is 15.4. The third-order valence-corrected chi connectivity index (χ3v) is 3.12. The summed E-state index contributed by atoms with van der Waals surface area (Å²) in [5.41, 5.74) is 6.96. The van der Waals surface area contributed by atoms with Gasteiger partial charge in [0.2, 0.25) is 0 Å². The molecular weight excluding hydrogens is 294 g/mol. The van der Waals surface area contributed by atoms with Crippen LogP contribution in [-0.4, -0.2) is 25.1 Å². The van der Waals surface area contributed by atoms with Crippen molar-refractivity contribution in [3.63, 3.8) is 0 Å². The Morgan fingerprint density at radius 3 is 2.57 bits per heavy atom. The van der Waals surface area contributed by atoms with E-state index in [0.717, 1.165) is 0 Å². The first-order chi connectivity index (χ1) is 10.1. The van der Waals surface area contributed by atoms with Gasteiger partial charge >= 0.3 is 0 Å². The highest BCUT2D eigenvalue weighted by Crippen LogP contribution is 2.35. The minimum atomic E-state index is -0.388. The van der Waals surface area contributed by atoms with Crippen LogP contribution in [0.15, 0.2) is 30.6 Å². The number of halogens is 1. The quantitative estimate of drug-likeness (QED) is 0.848. The van der Waals surface area contributed by atoms with Gasteiger partial charge in [-0.1, -0.05) is 11.6 Å². The van der Waals surface area contributed by atoms with Gasteiger partial charge in [0, 0.05) is 24.5 Å². The molecule has 0 fully saturated rings. The second-order valence-corrected chi connectivity index (χ2v) is 4.51. The first kappa shape index (κ1) is 14.9. The van der Waals surface area contributed by atoms with Crippen LogP contribution in [0.3, 0.4) is 0 Å².